The number of anilines is 1. The van der Waals surface area contributed by atoms with Gasteiger partial charge in [-0.05, 0) is 49.2 Å². The van der Waals surface area contributed by atoms with Gasteiger partial charge in [0.2, 0.25) is 0 Å². The Morgan fingerprint density at radius 2 is 1.71 bits per heavy atom. The maximum Gasteiger partial charge on any atom is 0.407 e. The van der Waals surface area contributed by atoms with Crippen LogP contribution in [0.25, 0.3) is 22.3 Å². The molecule has 6 rings (SSSR count). The summed E-state index contributed by atoms with van der Waals surface area (Å²) in [7, 11) is 0. The fourth-order valence-electron chi connectivity index (χ4n) is 5.27. The smallest absolute Gasteiger partial charge is 0.407 e. The molecule has 4 heterocycles. The van der Waals surface area contributed by atoms with Crippen LogP contribution in [-0.4, -0.2) is 84.2 Å². The number of hydrogen-bond acceptors (Lipinski definition) is 8. The zero-order valence-corrected chi connectivity index (χ0v) is 20.8. The second kappa shape index (κ2) is 9.58. The molecule has 0 spiro atoms. The van der Waals surface area contributed by atoms with Gasteiger partial charge in [-0.15, -0.1) is 0 Å². The number of fused-ring (bicyclic) bond motifs is 1. The number of carbonyl (C=O) groups is 1. The van der Waals surface area contributed by atoms with E-state index in [1.54, 1.807) is 0 Å². The number of benzene rings is 2. The van der Waals surface area contributed by atoms with E-state index in [1.807, 2.05) is 59.3 Å². The number of amides is 1. The lowest BCUT2D eigenvalue weighted by atomic mass is 9.89. The summed E-state index contributed by atoms with van der Waals surface area (Å²) in [6.07, 6.45) is 1.38. The monoisotopic (exact) mass is 515 g/mol. The normalized spacial score (nSPS) is 17.9. The Hall–Kier alpha value is -4.22. The van der Waals surface area contributed by atoms with Gasteiger partial charge >= 0.3 is 6.09 Å². The van der Waals surface area contributed by atoms with Crippen molar-refractivity contribution in [3.8, 4) is 22.8 Å². The summed E-state index contributed by atoms with van der Waals surface area (Å²) in [5, 5.41) is 25.8. The highest BCUT2D eigenvalue weighted by Gasteiger charge is 2.40. The van der Waals surface area contributed by atoms with Crippen LogP contribution < -0.4 is 10.5 Å². The van der Waals surface area contributed by atoms with Gasteiger partial charge in [-0.25, -0.2) is 19.4 Å². The Bertz CT molecular complexity index is 1440. The number of ether oxygens (including phenoxy) is 1. The Labute approximate surface area is 219 Å². The molecule has 2 aliphatic rings. The van der Waals surface area contributed by atoms with Crippen LogP contribution in [0.4, 0.5) is 10.6 Å². The highest BCUT2D eigenvalue weighted by molar-refractivity contribution is 5.98. The Kier molecular flexibility index (Phi) is 6.09. The van der Waals surface area contributed by atoms with Crippen LogP contribution in [-0.2, 0) is 0 Å². The summed E-state index contributed by atoms with van der Waals surface area (Å²) < 4.78 is 7.82. The minimum atomic E-state index is -0.933. The number of β-amino-alcohol motifs (C(OH)–C–C–N with tert-alkyl or cyclic N) is 1. The summed E-state index contributed by atoms with van der Waals surface area (Å²) in [6.45, 7) is 2.61. The summed E-state index contributed by atoms with van der Waals surface area (Å²) in [4.78, 5) is 23.4. The number of rotatable bonds is 6. The minimum absolute atomic E-state index is 0.0731. The molecule has 0 aliphatic carbocycles. The maximum absolute atomic E-state index is 11.2. The van der Waals surface area contributed by atoms with E-state index >= 15 is 0 Å². The number of carboxylic acid groups (broad SMARTS) is 1. The fraction of sp³-hybridized carbons (Fsp3) is 0.333. The van der Waals surface area contributed by atoms with Crippen LogP contribution >= 0.6 is 0 Å². The highest BCUT2D eigenvalue weighted by atomic mass is 16.5. The number of hydrogen-bond donors (Lipinski definition) is 3. The third kappa shape index (κ3) is 4.61. The molecule has 38 heavy (non-hydrogen) atoms. The second-order valence-electron chi connectivity index (χ2n) is 10.0. The molecule has 0 saturated carbocycles. The van der Waals surface area contributed by atoms with E-state index in [1.165, 1.54) is 11.2 Å². The topological polar surface area (TPSA) is 143 Å². The molecule has 11 heteroatoms. The van der Waals surface area contributed by atoms with E-state index in [9.17, 15) is 15.0 Å². The molecular weight excluding hydrogens is 486 g/mol. The summed E-state index contributed by atoms with van der Waals surface area (Å²) in [5.74, 6) is 1.85. The van der Waals surface area contributed by atoms with E-state index in [0.29, 0.717) is 68.1 Å². The predicted octanol–water partition coefficient (Wildman–Crippen LogP) is 3.23. The lowest BCUT2D eigenvalue weighted by Gasteiger charge is -2.45. The van der Waals surface area contributed by atoms with Crippen molar-refractivity contribution >= 4 is 22.9 Å². The minimum Gasteiger partial charge on any atom is -0.465 e. The first kappa shape index (κ1) is 24.1. The molecule has 2 aromatic carbocycles. The zero-order valence-electron chi connectivity index (χ0n) is 20.8. The van der Waals surface area contributed by atoms with Gasteiger partial charge in [0.1, 0.15) is 29.3 Å². The summed E-state index contributed by atoms with van der Waals surface area (Å²) in [5.41, 5.74) is 7.67. The number of para-hydroxylation sites is 1. The quantitative estimate of drug-likeness (QED) is 0.353. The molecule has 11 nitrogen and oxygen atoms in total. The first-order chi connectivity index (χ1) is 18.4. The van der Waals surface area contributed by atoms with Crippen molar-refractivity contribution in [2.45, 2.75) is 24.5 Å². The van der Waals surface area contributed by atoms with E-state index in [0.717, 1.165) is 17.1 Å². The molecule has 0 bridgehead atoms. The molecule has 0 unspecified atom stereocenters. The molecule has 2 saturated heterocycles. The first-order valence-electron chi connectivity index (χ1n) is 12.6. The van der Waals surface area contributed by atoms with E-state index < -0.39 is 11.7 Å². The van der Waals surface area contributed by atoms with Gasteiger partial charge in [-0.2, -0.15) is 5.10 Å². The number of likely N-dealkylation sites (tertiary alicyclic amines) is 2. The molecular formula is C27H29N7O4. The SMILES string of the molecule is Nc1ncnc2c1c(-c1ccc(Oc3ccccc3)cc1)nn2C1CN(CC2(O)CCN(C(=O)O)CC2)C1. The van der Waals surface area contributed by atoms with Crippen LogP contribution in [0.2, 0.25) is 0 Å². The van der Waals surface area contributed by atoms with Crippen LogP contribution in [0, 0.1) is 0 Å². The van der Waals surface area contributed by atoms with Crippen molar-refractivity contribution in [2.75, 3.05) is 38.5 Å². The summed E-state index contributed by atoms with van der Waals surface area (Å²) in [6, 6.07) is 17.4. The van der Waals surface area contributed by atoms with Crippen LogP contribution in [0.15, 0.2) is 60.9 Å². The van der Waals surface area contributed by atoms with Crippen molar-refractivity contribution in [1.29, 1.82) is 0 Å². The van der Waals surface area contributed by atoms with Crippen LogP contribution in [0.5, 0.6) is 11.5 Å². The second-order valence-corrected chi connectivity index (χ2v) is 10.0. The van der Waals surface area contributed by atoms with Crippen molar-refractivity contribution in [1.82, 2.24) is 29.5 Å². The van der Waals surface area contributed by atoms with Crippen LogP contribution in [0.1, 0.15) is 18.9 Å². The molecule has 2 aromatic heterocycles. The molecule has 4 aromatic rings. The van der Waals surface area contributed by atoms with Gasteiger partial charge in [-0.3, -0.25) is 4.90 Å². The Morgan fingerprint density at radius 1 is 1.03 bits per heavy atom. The van der Waals surface area contributed by atoms with Gasteiger partial charge < -0.3 is 25.6 Å². The number of aliphatic hydroxyl groups is 1. The van der Waals surface area contributed by atoms with Gasteiger partial charge in [0.15, 0.2) is 5.65 Å². The lowest BCUT2D eigenvalue weighted by molar-refractivity contribution is -0.0623. The number of aromatic nitrogens is 4. The van der Waals surface area contributed by atoms with Gasteiger partial charge in [-0.1, -0.05) is 18.2 Å². The van der Waals surface area contributed by atoms with Crippen LogP contribution in [0.3, 0.4) is 0 Å². The van der Waals surface area contributed by atoms with Gasteiger partial charge in [0.05, 0.1) is 17.0 Å². The molecule has 196 valence electrons. The number of nitrogens with zero attached hydrogens (tertiary/aromatic N) is 6. The highest BCUT2D eigenvalue weighted by Crippen LogP contribution is 2.36. The van der Waals surface area contributed by atoms with E-state index in [4.69, 9.17) is 15.6 Å². The average molecular weight is 516 g/mol. The maximum atomic E-state index is 11.2. The molecule has 2 fully saturated rings. The zero-order chi connectivity index (χ0) is 26.3. The Morgan fingerprint density at radius 3 is 2.39 bits per heavy atom. The van der Waals surface area contributed by atoms with Crippen molar-refractivity contribution in [2.24, 2.45) is 0 Å². The summed E-state index contributed by atoms with van der Waals surface area (Å²) >= 11 is 0. The fourth-order valence-corrected chi connectivity index (χ4v) is 5.27. The molecule has 4 N–H and O–H groups in total. The number of piperidine rings is 1. The van der Waals surface area contributed by atoms with E-state index in [-0.39, 0.29) is 6.04 Å². The largest absolute Gasteiger partial charge is 0.465 e. The third-order valence-electron chi connectivity index (χ3n) is 7.39. The standard InChI is InChI=1S/C27H29N7O4/c28-24-22-23(18-6-8-21(9-7-18)38-20-4-2-1-3-5-20)31-34(25(22)30-17-29-24)19-14-32(15-19)16-27(37)10-12-33(13-11-27)26(35)36/h1-9,17,19,37H,10-16H2,(H,35,36)(H2,28,29,30). The van der Waals surface area contributed by atoms with Crippen molar-refractivity contribution in [3.05, 3.63) is 60.9 Å². The van der Waals surface area contributed by atoms with Gasteiger partial charge in [0.25, 0.3) is 0 Å². The molecule has 0 radical (unpaired) electrons. The number of nitrogen functional groups attached to an aromatic ring is 1. The average Bonchev–Trinajstić information content (AvgIpc) is 3.28. The molecule has 0 atom stereocenters. The lowest BCUT2D eigenvalue weighted by Crippen LogP contribution is -2.57. The third-order valence-corrected chi connectivity index (χ3v) is 7.39. The predicted molar refractivity (Wildman–Crippen MR) is 141 cm³/mol. The van der Waals surface area contributed by atoms with Crippen molar-refractivity contribution in [3.63, 3.8) is 0 Å². The van der Waals surface area contributed by atoms with Gasteiger partial charge in [0, 0.05) is 38.3 Å². The Balaban J connectivity index is 1.18. The molecule has 1 amide bonds. The molecule has 2 aliphatic heterocycles. The van der Waals surface area contributed by atoms with Crippen molar-refractivity contribution < 1.29 is 19.7 Å². The number of nitrogens with two attached hydrogens (primary N) is 1. The first-order valence-corrected chi connectivity index (χ1v) is 12.6. The van der Waals surface area contributed by atoms with E-state index in [2.05, 4.69) is 14.9 Å².